The Morgan fingerprint density at radius 3 is 2.52 bits per heavy atom. The van der Waals surface area contributed by atoms with Crippen LogP contribution in [0.5, 0.6) is 0 Å². The molecule has 0 bridgehead atoms. The summed E-state index contributed by atoms with van der Waals surface area (Å²) in [4.78, 5) is 3.70. The Labute approximate surface area is 124 Å². The Kier molecular flexibility index (Phi) is 5.00. The monoisotopic (exact) mass is 319 g/mol. The molecule has 21 heavy (non-hydrogen) atoms. The summed E-state index contributed by atoms with van der Waals surface area (Å²) >= 11 is 5.78. The van der Waals surface area contributed by atoms with E-state index in [2.05, 4.69) is 20.5 Å². The minimum Gasteiger partial charge on any atom is -0.369 e. The van der Waals surface area contributed by atoms with Gasteiger partial charge in [0.2, 0.25) is 0 Å². The highest BCUT2D eigenvalue weighted by Crippen LogP contribution is 2.32. The lowest BCUT2D eigenvalue weighted by Crippen LogP contribution is -2.09. The number of unbranched alkanes of at least 4 members (excludes halogenated alkanes) is 1. The summed E-state index contributed by atoms with van der Waals surface area (Å²) < 4.78 is 39.2. The van der Waals surface area contributed by atoms with Gasteiger partial charge in [-0.3, -0.25) is 0 Å². The van der Waals surface area contributed by atoms with Gasteiger partial charge in [-0.05, 0) is 18.9 Å². The van der Waals surface area contributed by atoms with Crippen LogP contribution in [-0.4, -0.2) is 26.3 Å². The summed E-state index contributed by atoms with van der Waals surface area (Å²) in [6, 6.07) is 0.869. The number of nitrogens with one attached hydrogen (secondary N) is 1. The van der Waals surface area contributed by atoms with Crippen LogP contribution in [0, 0.1) is 0 Å². The number of halogens is 4. The largest absolute Gasteiger partial charge is 0.417 e. The Bertz CT molecular complexity index is 571. The zero-order chi connectivity index (χ0) is 15.3. The van der Waals surface area contributed by atoms with Crippen LogP contribution in [0.15, 0.2) is 24.9 Å². The van der Waals surface area contributed by atoms with Gasteiger partial charge >= 0.3 is 6.18 Å². The Morgan fingerprint density at radius 1 is 1.19 bits per heavy atom. The predicted molar refractivity (Wildman–Crippen MR) is 72.0 cm³/mol. The van der Waals surface area contributed by atoms with Crippen molar-refractivity contribution in [3.8, 4) is 0 Å². The Balaban J connectivity index is 1.78. The van der Waals surface area contributed by atoms with E-state index < -0.39 is 11.7 Å². The molecular formula is C12H13ClF3N5. The molecular weight excluding hydrogens is 307 g/mol. The first kappa shape index (κ1) is 15.6. The molecule has 1 N–H and O–H groups in total. The van der Waals surface area contributed by atoms with Crippen LogP contribution in [-0.2, 0) is 12.7 Å². The summed E-state index contributed by atoms with van der Waals surface area (Å²) in [6.45, 7) is 1.35. The lowest BCUT2D eigenvalue weighted by molar-refractivity contribution is -0.137. The van der Waals surface area contributed by atoms with E-state index in [1.54, 1.807) is 12.7 Å². The molecule has 0 amide bonds. The maximum Gasteiger partial charge on any atom is 0.417 e. The van der Waals surface area contributed by atoms with E-state index >= 15 is 0 Å². The fraction of sp³-hybridized carbons (Fsp3) is 0.417. The number of hydrogen-bond donors (Lipinski definition) is 1. The van der Waals surface area contributed by atoms with Crippen molar-refractivity contribution in [3.05, 3.63) is 35.5 Å². The first-order valence-electron chi connectivity index (χ1n) is 6.26. The average molecular weight is 320 g/mol. The number of alkyl halides is 3. The van der Waals surface area contributed by atoms with Gasteiger partial charge in [-0.1, -0.05) is 11.6 Å². The third-order valence-corrected chi connectivity index (χ3v) is 3.06. The SMILES string of the molecule is FC(F)(F)c1cnc(NCCCCn2cnnc2)c(Cl)c1. The quantitative estimate of drug-likeness (QED) is 0.831. The second-order valence-electron chi connectivity index (χ2n) is 4.39. The highest BCUT2D eigenvalue weighted by atomic mass is 35.5. The Morgan fingerprint density at radius 2 is 1.90 bits per heavy atom. The zero-order valence-electron chi connectivity index (χ0n) is 10.9. The minimum absolute atomic E-state index is 0.0383. The van der Waals surface area contributed by atoms with Crippen molar-refractivity contribution in [2.45, 2.75) is 25.6 Å². The van der Waals surface area contributed by atoms with E-state index in [0.29, 0.717) is 6.54 Å². The van der Waals surface area contributed by atoms with Gasteiger partial charge in [0, 0.05) is 19.3 Å². The average Bonchev–Trinajstić information content (AvgIpc) is 2.92. The molecule has 9 heteroatoms. The molecule has 0 fully saturated rings. The van der Waals surface area contributed by atoms with E-state index in [1.165, 1.54) is 0 Å². The third kappa shape index (κ3) is 4.59. The van der Waals surface area contributed by atoms with Gasteiger partial charge in [0.15, 0.2) is 0 Å². The van der Waals surface area contributed by atoms with Crippen molar-refractivity contribution in [1.29, 1.82) is 0 Å². The summed E-state index contributed by atoms with van der Waals surface area (Å²) in [6.07, 6.45) is 1.28. The van der Waals surface area contributed by atoms with Crippen LogP contribution in [0.3, 0.4) is 0 Å². The molecule has 2 heterocycles. The van der Waals surface area contributed by atoms with Gasteiger partial charge in [-0.25, -0.2) is 4.98 Å². The molecule has 2 aromatic rings. The highest BCUT2D eigenvalue weighted by Gasteiger charge is 2.31. The van der Waals surface area contributed by atoms with E-state index in [-0.39, 0.29) is 10.8 Å². The van der Waals surface area contributed by atoms with Gasteiger partial charge < -0.3 is 9.88 Å². The molecule has 5 nitrogen and oxygen atoms in total. The number of aromatic nitrogens is 4. The summed E-state index contributed by atoms with van der Waals surface area (Å²) in [5.41, 5.74) is -0.856. The molecule has 0 aliphatic heterocycles. The van der Waals surface area contributed by atoms with E-state index in [4.69, 9.17) is 11.6 Å². The van der Waals surface area contributed by atoms with Crippen LogP contribution in [0.4, 0.5) is 19.0 Å². The van der Waals surface area contributed by atoms with Crippen LogP contribution < -0.4 is 5.32 Å². The first-order valence-corrected chi connectivity index (χ1v) is 6.63. The Hall–Kier alpha value is -1.83. The van der Waals surface area contributed by atoms with Crippen LogP contribution >= 0.6 is 11.6 Å². The van der Waals surface area contributed by atoms with Gasteiger partial charge in [-0.15, -0.1) is 10.2 Å². The lowest BCUT2D eigenvalue weighted by Gasteiger charge is -2.10. The van der Waals surface area contributed by atoms with Crippen molar-refractivity contribution in [2.75, 3.05) is 11.9 Å². The number of anilines is 1. The predicted octanol–water partition coefficient (Wildman–Crippen LogP) is 3.24. The fourth-order valence-electron chi connectivity index (χ4n) is 1.69. The summed E-state index contributed by atoms with van der Waals surface area (Å²) in [5, 5.41) is 10.3. The van der Waals surface area contributed by atoms with E-state index in [1.807, 2.05) is 4.57 Å². The summed E-state index contributed by atoms with van der Waals surface area (Å²) in [5.74, 6) is 0.258. The van der Waals surface area contributed by atoms with Crippen molar-refractivity contribution in [2.24, 2.45) is 0 Å². The molecule has 0 radical (unpaired) electrons. The molecule has 2 aromatic heterocycles. The van der Waals surface area contributed by atoms with E-state index in [0.717, 1.165) is 31.6 Å². The molecule has 0 unspecified atom stereocenters. The van der Waals surface area contributed by atoms with Crippen LogP contribution in [0.1, 0.15) is 18.4 Å². The van der Waals surface area contributed by atoms with Crippen LogP contribution in [0.25, 0.3) is 0 Å². The zero-order valence-corrected chi connectivity index (χ0v) is 11.7. The molecule has 0 aliphatic rings. The fourth-order valence-corrected chi connectivity index (χ4v) is 1.92. The standard InChI is InChI=1S/C12H13ClF3N5/c13-10-5-9(12(14,15)16)6-18-11(10)17-3-1-2-4-21-7-19-20-8-21/h5-8H,1-4H2,(H,17,18). The molecule has 2 rings (SSSR count). The van der Waals surface area contributed by atoms with E-state index in [9.17, 15) is 13.2 Å². The van der Waals surface area contributed by atoms with Gasteiger partial charge in [0.1, 0.15) is 18.5 Å². The highest BCUT2D eigenvalue weighted by molar-refractivity contribution is 6.32. The van der Waals surface area contributed by atoms with Gasteiger partial charge in [0.05, 0.1) is 10.6 Å². The number of hydrogen-bond acceptors (Lipinski definition) is 4. The number of rotatable bonds is 6. The second-order valence-corrected chi connectivity index (χ2v) is 4.79. The van der Waals surface area contributed by atoms with Gasteiger partial charge in [-0.2, -0.15) is 13.2 Å². The van der Waals surface area contributed by atoms with Crippen LogP contribution in [0.2, 0.25) is 5.02 Å². The molecule has 114 valence electrons. The molecule has 0 atom stereocenters. The van der Waals surface area contributed by atoms with Crippen molar-refractivity contribution in [1.82, 2.24) is 19.7 Å². The maximum atomic E-state index is 12.5. The summed E-state index contributed by atoms with van der Waals surface area (Å²) in [7, 11) is 0. The van der Waals surface area contributed by atoms with Crippen molar-refractivity contribution in [3.63, 3.8) is 0 Å². The first-order chi connectivity index (χ1) is 9.97. The number of aryl methyl sites for hydroxylation is 1. The molecule has 0 aromatic carbocycles. The second kappa shape index (κ2) is 6.75. The number of pyridine rings is 1. The molecule has 0 saturated carbocycles. The smallest absolute Gasteiger partial charge is 0.369 e. The molecule has 0 spiro atoms. The van der Waals surface area contributed by atoms with Gasteiger partial charge in [0.25, 0.3) is 0 Å². The minimum atomic E-state index is -4.44. The van der Waals surface area contributed by atoms with Crippen molar-refractivity contribution >= 4 is 17.4 Å². The topological polar surface area (TPSA) is 55.6 Å². The molecule has 0 aliphatic carbocycles. The number of nitrogens with zero attached hydrogens (tertiary/aromatic N) is 4. The lowest BCUT2D eigenvalue weighted by atomic mass is 10.2. The molecule has 0 saturated heterocycles. The third-order valence-electron chi connectivity index (χ3n) is 2.77. The van der Waals surface area contributed by atoms with Crippen molar-refractivity contribution < 1.29 is 13.2 Å². The normalized spacial score (nSPS) is 11.6. The maximum absolute atomic E-state index is 12.5.